The summed E-state index contributed by atoms with van der Waals surface area (Å²) in [7, 11) is 1.74. The lowest BCUT2D eigenvalue weighted by atomic mass is 9.95. The Morgan fingerprint density at radius 2 is 2.15 bits per heavy atom. The Morgan fingerprint density at radius 3 is 2.85 bits per heavy atom. The van der Waals surface area contributed by atoms with E-state index in [1.807, 2.05) is 12.3 Å². The van der Waals surface area contributed by atoms with Crippen LogP contribution in [0.25, 0.3) is 11.0 Å². The van der Waals surface area contributed by atoms with Crippen LogP contribution in [-0.4, -0.2) is 21.3 Å². The van der Waals surface area contributed by atoms with Gasteiger partial charge in [-0.25, -0.2) is 4.98 Å². The predicted octanol–water partition coefficient (Wildman–Crippen LogP) is 4.60. The second-order valence-electron chi connectivity index (χ2n) is 6.04. The summed E-state index contributed by atoms with van der Waals surface area (Å²) in [6.45, 7) is 2.06. The number of aromatic nitrogens is 2. The van der Waals surface area contributed by atoms with Crippen molar-refractivity contribution in [1.82, 2.24) is 14.9 Å². The highest BCUT2D eigenvalue weighted by Crippen LogP contribution is 2.31. The Labute approximate surface area is 154 Å². The van der Waals surface area contributed by atoms with Gasteiger partial charge in [-0.2, -0.15) is 13.2 Å². The summed E-state index contributed by atoms with van der Waals surface area (Å²) in [6, 6.07) is 3.51. The summed E-state index contributed by atoms with van der Waals surface area (Å²) in [5.74, 6) is 0.667. The molecule has 0 saturated heterocycles. The van der Waals surface area contributed by atoms with Crippen molar-refractivity contribution in [3.8, 4) is 0 Å². The Morgan fingerprint density at radius 1 is 1.38 bits per heavy atom. The largest absolute Gasteiger partial charge is 0.416 e. The normalized spacial score (nSPS) is 22.5. The summed E-state index contributed by atoms with van der Waals surface area (Å²) < 4.78 is 40.2. The van der Waals surface area contributed by atoms with E-state index in [0.29, 0.717) is 11.3 Å². The van der Waals surface area contributed by atoms with Crippen LogP contribution in [0.5, 0.6) is 0 Å². The fourth-order valence-corrected chi connectivity index (χ4v) is 3.18. The zero-order valence-corrected chi connectivity index (χ0v) is 15.0. The standard InChI is InChI=1S/C18H18ClF3N4/c1-3-11-6-7-24-17(19)13(11)9-23-10-16-25-14-8-12(18(20,21)22)4-5-15(14)26(16)2/h4-11,17,24H,3H2,1-2H3/b13-9+,23-10?. The maximum atomic E-state index is 12.8. The number of hydrogen-bond acceptors (Lipinski definition) is 3. The number of halogens is 4. The molecule has 1 aromatic carbocycles. The number of fused-ring (bicyclic) bond motifs is 1. The molecule has 2 heterocycles. The van der Waals surface area contributed by atoms with E-state index in [0.717, 1.165) is 24.1 Å². The Balaban J connectivity index is 1.91. The van der Waals surface area contributed by atoms with Crippen LogP contribution in [0.2, 0.25) is 0 Å². The van der Waals surface area contributed by atoms with E-state index >= 15 is 0 Å². The first-order valence-corrected chi connectivity index (χ1v) is 8.58. The highest BCUT2D eigenvalue weighted by molar-refractivity contribution is 6.22. The summed E-state index contributed by atoms with van der Waals surface area (Å²) in [5.41, 5.74) is 0.767. The van der Waals surface area contributed by atoms with E-state index in [9.17, 15) is 13.2 Å². The molecule has 4 nitrogen and oxygen atoms in total. The maximum Gasteiger partial charge on any atom is 0.416 e. The van der Waals surface area contributed by atoms with Gasteiger partial charge in [-0.1, -0.05) is 24.6 Å². The molecule has 138 valence electrons. The molecule has 0 spiro atoms. The number of aryl methyl sites for hydroxylation is 1. The van der Waals surface area contributed by atoms with Crippen molar-refractivity contribution in [3.63, 3.8) is 0 Å². The van der Waals surface area contributed by atoms with E-state index < -0.39 is 11.7 Å². The minimum atomic E-state index is -4.39. The summed E-state index contributed by atoms with van der Waals surface area (Å²) in [6.07, 6.45) is 3.56. The topological polar surface area (TPSA) is 42.2 Å². The van der Waals surface area contributed by atoms with Gasteiger partial charge in [0.2, 0.25) is 0 Å². The highest BCUT2D eigenvalue weighted by atomic mass is 35.5. The molecule has 0 amide bonds. The Bertz CT molecular complexity index is 896. The third kappa shape index (κ3) is 3.62. The van der Waals surface area contributed by atoms with Gasteiger partial charge in [0, 0.05) is 19.2 Å². The van der Waals surface area contributed by atoms with Crippen LogP contribution in [0.3, 0.4) is 0 Å². The van der Waals surface area contributed by atoms with Crippen molar-refractivity contribution >= 4 is 28.8 Å². The van der Waals surface area contributed by atoms with Gasteiger partial charge in [0.25, 0.3) is 0 Å². The molecule has 1 aromatic heterocycles. The highest BCUT2D eigenvalue weighted by Gasteiger charge is 2.31. The summed E-state index contributed by atoms with van der Waals surface area (Å²) in [5, 5.41) is 3.01. The van der Waals surface area contributed by atoms with Gasteiger partial charge in [-0.05, 0) is 36.4 Å². The van der Waals surface area contributed by atoms with Crippen molar-refractivity contribution in [1.29, 1.82) is 0 Å². The van der Waals surface area contributed by atoms with E-state index in [-0.39, 0.29) is 16.9 Å². The van der Waals surface area contributed by atoms with E-state index in [2.05, 4.69) is 22.2 Å². The molecule has 3 rings (SSSR count). The number of nitrogens with zero attached hydrogens (tertiary/aromatic N) is 3. The summed E-state index contributed by atoms with van der Waals surface area (Å²) >= 11 is 6.26. The molecular formula is C18H18ClF3N4. The number of nitrogens with one attached hydrogen (secondary N) is 1. The molecule has 0 saturated carbocycles. The first-order valence-electron chi connectivity index (χ1n) is 8.15. The van der Waals surface area contributed by atoms with Gasteiger partial charge in [0.1, 0.15) is 5.50 Å². The summed E-state index contributed by atoms with van der Waals surface area (Å²) in [4.78, 5) is 8.54. The van der Waals surface area contributed by atoms with Crippen LogP contribution in [0.1, 0.15) is 24.7 Å². The zero-order valence-electron chi connectivity index (χ0n) is 14.3. The fraction of sp³-hybridized carbons (Fsp3) is 0.333. The van der Waals surface area contributed by atoms with Crippen molar-refractivity contribution in [2.24, 2.45) is 18.0 Å². The lowest BCUT2D eigenvalue weighted by molar-refractivity contribution is -0.137. The molecule has 0 bridgehead atoms. The van der Waals surface area contributed by atoms with Gasteiger partial charge >= 0.3 is 6.18 Å². The van der Waals surface area contributed by atoms with Crippen LogP contribution in [0.15, 0.2) is 47.2 Å². The average Bonchev–Trinajstić information content (AvgIpc) is 2.91. The third-order valence-corrected chi connectivity index (χ3v) is 4.77. The molecule has 1 N–H and O–H groups in total. The van der Waals surface area contributed by atoms with Crippen molar-refractivity contribution in [2.45, 2.75) is 25.0 Å². The van der Waals surface area contributed by atoms with Crippen molar-refractivity contribution < 1.29 is 13.2 Å². The zero-order chi connectivity index (χ0) is 18.9. The molecule has 1 aliphatic rings. The number of rotatable bonds is 3. The molecule has 2 aromatic rings. The maximum absolute atomic E-state index is 12.8. The minimum Gasteiger partial charge on any atom is -0.372 e. The molecule has 0 fully saturated rings. The van der Waals surface area contributed by atoms with Gasteiger partial charge in [0.05, 0.1) is 22.8 Å². The Hall–Kier alpha value is -2.28. The van der Waals surface area contributed by atoms with Gasteiger partial charge < -0.3 is 9.88 Å². The second-order valence-corrected chi connectivity index (χ2v) is 6.48. The first-order chi connectivity index (χ1) is 12.3. The lowest BCUT2D eigenvalue weighted by Crippen LogP contribution is -2.28. The SMILES string of the molecule is CCC1C=CNC(Cl)/C1=C/N=Cc1nc2cc(C(F)(F)F)ccc2n1C. The minimum absolute atomic E-state index is 0.200. The number of benzene rings is 1. The van der Waals surface area contributed by atoms with Gasteiger partial charge in [0.15, 0.2) is 5.82 Å². The first kappa shape index (κ1) is 18.5. The molecule has 1 aliphatic heterocycles. The number of imidazole rings is 1. The molecule has 0 aliphatic carbocycles. The van der Waals surface area contributed by atoms with E-state index in [1.54, 1.807) is 17.8 Å². The Kier molecular flexibility index (Phi) is 5.09. The van der Waals surface area contributed by atoms with Gasteiger partial charge in [-0.3, -0.25) is 4.99 Å². The van der Waals surface area contributed by atoms with Crippen LogP contribution in [0, 0.1) is 5.92 Å². The number of allylic oxidation sites excluding steroid dienone is 1. The fourth-order valence-electron chi connectivity index (χ4n) is 2.88. The van der Waals surface area contributed by atoms with E-state index in [4.69, 9.17) is 11.6 Å². The average molecular weight is 383 g/mol. The third-order valence-electron chi connectivity index (χ3n) is 4.39. The molecule has 0 radical (unpaired) electrons. The molecule has 2 atom stereocenters. The molecule has 2 unspecified atom stereocenters. The van der Waals surface area contributed by atoms with Gasteiger partial charge in [-0.15, -0.1) is 0 Å². The molecule has 8 heteroatoms. The number of hydrogen-bond donors (Lipinski definition) is 1. The monoisotopic (exact) mass is 382 g/mol. The smallest absolute Gasteiger partial charge is 0.372 e. The lowest BCUT2D eigenvalue weighted by Gasteiger charge is -2.24. The van der Waals surface area contributed by atoms with Crippen LogP contribution < -0.4 is 5.32 Å². The predicted molar refractivity (Wildman–Crippen MR) is 97.1 cm³/mol. The van der Waals surface area contributed by atoms with Crippen LogP contribution in [-0.2, 0) is 13.2 Å². The van der Waals surface area contributed by atoms with Crippen molar-refractivity contribution in [2.75, 3.05) is 0 Å². The number of alkyl halides is 4. The van der Waals surface area contributed by atoms with Crippen molar-refractivity contribution in [3.05, 3.63) is 53.6 Å². The quantitative estimate of drug-likeness (QED) is 0.479. The van der Waals surface area contributed by atoms with Crippen LogP contribution in [0.4, 0.5) is 13.2 Å². The van der Waals surface area contributed by atoms with E-state index in [1.165, 1.54) is 12.3 Å². The molecular weight excluding hydrogens is 365 g/mol. The number of aliphatic imine (C=N–C) groups is 1. The van der Waals surface area contributed by atoms with Crippen LogP contribution >= 0.6 is 11.6 Å². The molecule has 26 heavy (non-hydrogen) atoms. The second kappa shape index (κ2) is 7.15.